The molecule has 0 saturated heterocycles. The Bertz CT molecular complexity index is 590. The van der Waals surface area contributed by atoms with Gasteiger partial charge in [-0.05, 0) is 37.3 Å². The third-order valence-corrected chi connectivity index (χ3v) is 3.98. The number of nitrogens with zero attached hydrogens (tertiary/aromatic N) is 2. The van der Waals surface area contributed by atoms with Crippen LogP contribution in [0.3, 0.4) is 0 Å². The molecule has 2 amide bonds. The maximum absolute atomic E-state index is 12.2. The molecule has 0 aromatic heterocycles. The Balaban J connectivity index is 1.70. The average Bonchev–Trinajstić information content (AvgIpc) is 2.79. The number of nitrogens with one attached hydrogen (secondary N) is 1. The van der Waals surface area contributed by atoms with Crippen molar-refractivity contribution in [2.45, 2.75) is 33.1 Å². The van der Waals surface area contributed by atoms with Gasteiger partial charge in [-0.3, -0.25) is 19.5 Å². The van der Waals surface area contributed by atoms with Gasteiger partial charge >= 0.3 is 0 Å². The average molecular weight is 330 g/mol. The van der Waals surface area contributed by atoms with Crippen LogP contribution in [0.2, 0.25) is 0 Å². The second kappa shape index (κ2) is 8.47. The monoisotopic (exact) mass is 330 g/mol. The van der Waals surface area contributed by atoms with Crippen LogP contribution in [0.4, 0.5) is 0 Å². The summed E-state index contributed by atoms with van der Waals surface area (Å²) in [5.41, 5.74) is 6.78. The van der Waals surface area contributed by atoms with Crippen molar-refractivity contribution in [1.82, 2.24) is 10.2 Å². The van der Waals surface area contributed by atoms with Crippen molar-refractivity contribution in [3.8, 4) is 0 Å². The Morgan fingerprint density at radius 3 is 2.38 bits per heavy atom. The highest BCUT2D eigenvalue weighted by atomic mass is 16.2. The molecule has 1 aliphatic heterocycles. The summed E-state index contributed by atoms with van der Waals surface area (Å²) in [6.45, 7) is 6.15. The van der Waals surface area contributed by atoms with E-state index in [1.54, 1.807) is 24.3 Å². The Morgan fingerprint density at radius 2 is 1.79 bits per heavy atom. The molecule has 3 N–H and O–H groups in total. The number of fused-ring (bicyclic) bond motifs is 1. The van der Waals surface area contributed by atoms with Gasteiger partial charge in [-0.25, -0.2) is 0 Å². The molecule has 1 aromatic rings. The van der Waals surface area contributed by atoms with Gasteiger partial charge in [0.2, 0.25) is 0 Å². The topological polar surface area (TPSA) is 87.8 Å². The second-order valence-corrected chi connectivity index (χ2v) is 6.39. The van der Waals surface area contributed by atoms with Gasteiger partial charge < -0.3 is 11.1 Å². The third-order valence-electron chi connectivity index (χ3n) is 3.98. The fraction of sp³-hybridized carbons (Fsp3) is 0.500. The number of guanidine groups is 1. The van der Waals surface area contributed by atoms with Gasteiger partial charge in [0.15, 0.2) is 5.96 Å². The van der Waals surface area contributed by atoms with Crippen LogP contribution >= 0.6 is 0 Å². The van der Waals surface area contributed by atoms with E-state index in [0.29, 0.717) is 42.5 Å². The minimum Gasteiger partial charge on any atom is -0.370 e. The Labute approximate surface area is 143 Å². The molecule has 0 bridgehead atoms. The summed E-state index contributed by atoms with van der Waals surface area (Å²) in [6, 6.07) is 6.95. The highest BCUT2D eigenvalue weighted by Gasteiger charge is 2.34. The summed E-state index contributed by atoms with van der Waals surface area (Å²) in [5.74, 6) is 0.685. The van der Waals surface area contributed by atoms with Crippen LogP contribution in [-0.2, 0) is 0 Å². The zero-order valence-corrected chi connectivity index (χ0v) is 14.4. The molecular weight excluding hydrogens is 304 g/mol. The number of imide groups is 1. The largest absolute Gasteiger partial charge is 0.370 e. The molecule has 0 spiro atoms. The quantitative estimate of drug-likeness (QED) is 0.330. The van der Waals surface area contributed by atoms with E-state index in [2.05, 4.69) is 24.2 Å². The van der Waals surface area contributed by atoms with Gasteiger partial charge in [0.25, 0.3) is 11.8 Å². The zero-order chi connectivity index (χ0) is 17.5. The summed E-state index contributed by atoms with van der Waals surface area (Å²) in [4.78, 5) is 30.0. The minimum absolute atomic E-state index is 0.200. The van der Waals surface area contributed by atoms with Crippen molar-refractivity contribution in [3.05, 3.63) is 35.4 Å². The molecule has 0 aliphatic carbocycles. The highest BCUT2D eigenvalue weighted by molar-refractivity contribution is 6.21. The molecule has 0 unspecified atom stereocenters. The first-order chi connectivity index (χ1) is 11.5. The first-order valence-electron chi connectivity index (χ1n) is 8.49. The van der Waals surface area contributed by atoms with Crippen LogP contribution in [0.5, 0.6) is 0 Å². The molecule has 1 aliphatic rings. The molecule has 1 heterocycles. The van der Waals surface area contributed by atoms with Gasteiger partial charge in [0, 0.05) is 19.6 Å². The molecule has 6 nitrogen and oxygen atoms in total. The Kier molecular flexibility index (Phi) is 6.35. The summed E-state index contributed by atoms with van der Waals surface area (Å²) in [7, 11) is 0. The lowest BCUT2D eigenvalue weighted by atomic mass is 10.1. The van der Waals surface area contributed by atoms with Crippen LogP contribution in [0.15, 0.2) is 29.3 Å². The molecule has 24 heavy (non-hydrogen) atoms. The summed E-state index contributed by atoms with van der Waals surface area (Å²) in [6.07, 6.45) is 2.55. The van der Waals surface area contributed by atoms with Gasteiger partial charge in [-0.1, -0.05) is 26.0 Å². The van der Waals surface area contributed by atoms with Gasteiger partial charge in [-0.15, -0.1) is 0 Å². The number of rotatable bonds is 8. The van der Waals surface area contributed by atoms with E-state index in [0.717, 1.165) is 19.4 Å². The highest BCUT2D eigenvalue weighted by Crippen LogP contribution is 2.22. The van der Waals surface area contributed by atoms with E-state index < -0.39 is 0 Å². The van der Waals surface area contributed by atoms with E-state index in [-0.39, 0.29) is 11.8 Å². The van der Waals surface area contributed by atoms with Crippen LogP contribution in [-0.4, -0.2) is 42.3 Å². The predicted octanol–water partition coefficient (Wildman–Crippen LogP) is 2.01. The third kappa shape index (κ3) is 4.57. The van der Waals surface area contributed by atoms with Crippen LogP contribution in [0, 0.1) is 5.92 Å². The SMILES string of the molecule is CC(C)CCNC(N)=NCCCCN1C(=O)c2ccccc2C1=O. The summed E-state index contributed by atoms with van der Waals surface area (Å²) < 4.78 is 0. The molecule has 130 valence electrons. The first kappa shape index (κ1) is 18.0. The van der Waals surface area contributed by atoms with Gasteiger partial charge in [-0.2, -0.15) is 0 Å². The molecule has 6 heteroatoms. The number of aliphatic imine (C=N–C) groups is 1. The molecule has 1 aromatic carbocycles. The van der Waals surface area contributed by atoms with E-state index in [1.807, 2.05) is 0 Å². The lowest BCUT2D eigenvalue weighted by Crippen LogP contribution is -2.33. The van der Waals surface area contributed by atoms with E-state index in [1.165, 1.54) is 4.90 Å². The number of benzene rings is 1. The molecule has 0 saturated carbocycles. The first-order valence-corrected chi connectivity index (χ1v) is 8.49. The molecule has 0 radical (unpaired) electrons. The number of amides is 2. The van der Waals surface area contributed by atoms with Crippen molar-refractivity contribution in [2.24, 2.45) is 16.6 Å². The molecule has 2 rings (SSSR count). The lowest BCUT2D eigenvalue weighted by molar-refractivity contribution is 0.0652. The number of nitrogens with two attached hydrogens (primary N) is 1. The van der Waals surface area contributed by atoms with E-state index in [9.17, 15) is 9.59 Å². The second-order valence-electron chi connectivity index (χ2n) is 6.39. The van der Waals surface area contributed by atoms with Gasteiger partial charge in [0.05, 0.1) is 11.1 Å². The summed E-state index contributed by atoms with van der Waals surface area (Å²) >= 11 is 0. The smallest absolute Gasteiger partial charge is 0.261 e. The van der Waals surface area contributed by atoms with Crippen molar-refractivity contribution in [2.75, 3.05) is 19.6 Å². The van der Waals surface area contributed by atoms with Crippen LogP contribution in [0.1, 0.15) is 53.8 Å². The molecular formula is C18H26N4O2. The zero-order valence-electron chi connectivity index (χ0n) is 14.4. The van der Waals surface area contributed by atoms with Crippen molar-refractivity contribution in [1.29, 1.82) is 0 Å². The van der Waals surface area contributed by atoms with Crippen LogP contribution < -0.4 is 11.1 Å². The maximum atomic E-state index is 12.2. The summed E-state index contributed by atoms with van der Waals surface area (Å²) in [5, 5.41) is 3.08. The number of carbonyl (C=O) groups is 2. The fourth-order valence-electron chi connectivity index (χ4n) is 2.57. The van der Waals surface area contributed by atoms with E-state index >= 15 is 0 Å². The minimum atomic E-state index is -0.200. The van der Waals surface area contributed by atoms with Crippen molar-refractivity contribution in [3.63, 3.8) is 0 Å². The Morgan fingerprint density at radius 1 is 1.17 bits per heavy atom. The molecule has 0 fully saturated rings. The maximum Gasteiger partial charge on any atom is 0.261 e. The standard InChI is InChI=1S/C18H26N4O2/c1-13(2)9-11-21-18(19)20-10-5-6-12-22-16(23)14-7-3-4-8-15(14)17(22)24/h3-4,7-8,13H,5-6,9-12H2,1-2H3,(H3,19,20,21). The fourth-order valence-corrected chi connectivity index (χ4v) is 2.57. The molecule has 0 atom stereocenters. The number of hydrogen-bond acceptors (Lipinski definition) is 3. The Hall–Kier alpha value is -2.37. The van der Waals surface area contributed by atoms with Crippen LogP contribution in [0.25, 0.3) is 0 Å². The van der Waals surface area contributed by atoms with E-state index in [4.69, 9.17) is 5.73 Å². The van der Waals surface area contributed by atoms with Gasteiger partial charge in [0.1, 0.15) is 0 Å². The van der Waals surface area contributed by atoms with Crippen molar-refractivity contribution < 1.29 is 9.59 Å². The normalized spacial score (nSPS) is 14.5. The lowest BCUT2D eigenvalue weighted by Gasteiger charge is -2.13. The predicted molar refractivity (Wildman–Crippen MR) is 95.0 cm³/mol. The number of hydrogen-bond donors (Lipinski definition) is 2. The number of carbonyl (C=O) groups excluding carboxylic acids is 2. The number of unbranched alkanes of at least 4 members (excludes halogenated alkanes) is 1. The van der Waals surface area contributed by atoms with Crippen molar-refractivity contribution >= 4 is 17.8 Å².